The van der Waals surface area contributed by atoms with Gasteiger partial charge in [0.25, 0.3) is 5.56 Å². The van der Waals surface area contributed by atoms with Crippen LogP contribution in [0.4, 0.5) is 0 Å². The highest BCUT2D eigenvalue weighted by atomic mass is 16.5. The Bertz CT molecular complexity index is 1390. The number of nitrogens with zero attached hydrogens (tertiary/aromatic N) is 5. The Morgan fingerprint density at radius 3 is 2.41 bits per heavy atom. The first-order valence-corrected chi connectivity index (χ1v) is 9.27. The van der Waals surface area contributed by atoms with E-state index in [0.717, 1.165) is 17.1 Å². The maximum absolute atomic E-state index is 13.1. The molecule has 0 aliphatic heterocycles. The van der Waals surface area contributed by atoms with E-state index >= 15 is 0 Å². The van der Waals surface area contributed by atoms with Crippen LogP contribution in [0.15, 0.2) is 27.8 Å². The molecule has 0 N–H and O–H groups in total. The molecule has 0 saturated heterocycles. The SMILES string of the molecule is CCn1c(=O)c2c(nc3n(-c4cc(OC)ccc4OC)c(C)c(C)n23)n(C)c1=O. The van der Waals surface area contributed by atoms with Crippen molar-refractivity contribution in [1.82, 2.24) is 23.1 Å². The van der Waals surface area contributed by atoms with Crippen LogP contribution in [0.3, 0.4) is 0 Å². The first-order chi connectivity index (χ1) is 13.8. The van der Waals surface area contributed by atoms with Crippen molar-refractivity contribution in [3.63, 3.8) is 0 Å². The standard InChI is InChI=1S/C20H23N5O4/c1-7-23-18(26)16-17(22(4)20(23)27)21-19-24(11(2)12(3)25(16)19)14-10-13(28-5)8-9-15(14)29-6/h8-10H,7H2,1-6H3. The number of hydrogen-bond acceptors (Lipinski definition) is 5. The van der Waals surface area contributed by atoms with Gasteiger partial charge in [0, 0.05) is 31.0 Å². The van der Waals surface area contributed by atoms with Crippen molar-refractivity contribution in [2.75, 3.05) is 14.2 Å². The number of benzene rings is 1. The van der Waals surface area contributed by atoms with Crippen molar-refractivity contribution < 1.29 is 9.47 Å². The minimum Gasteiger partial charge on any atom is -0.497 e. The highest BCUT2D eigenvalue weighted by molar-refractivity contribution is 5.77. The maximum atomic E-state index is 13.1. The molecule has 4 aromatic rings. The predicted molar refractivity (Wildman–Crippen MR) is 110 cm³/mol. The minimum absolute atomic E-state index is 0.289. The van der Waals surface area contributed by atoms with Crippen LogP contribution in [-0.4, -0.2) is 37.3 Å². The van der Waals surface area contributed by atoms with Crippen LogP contribution in [0.25, 0.3) is 22.6 Å². The van der Waals surface area contributed by atoms with E-state index < -0.39 is 0 Å². The zero-order valence-corrected chi connectivity index (χ0v) is 17.3. The monoisotopic (exact) mass is 397 g/mol. The summed E-state index contributed by atoms with van der Waals surface area (Å²) in [6.07, 6.45) is 0. The molecule has 9 heteroatoms. The van der Waals surface area contributed by atoms with Crippen molar-refractivity contribution in [2.45, 2.75) is 27.3 Å². The van der Waals surface area contributed by atoms with Gasteiger partial charge in [-0.05, 0) is 32.9 Å². The first-order valence-electron chi connectivity index (χ1n) is 9.27. The molecular formula is C20H23N5O4. The zero-order chi connectivity index (χ0) is 21.0. The lowest BCUT2D eigenvalue weighted by molar-refractivity contribution is 0.401. The molecular weight excluding hydrogens is 374 g/mol. The largest absolute Gasteiger partial charge is 0.497 e. The summed E-state index contributed by atoms with van der Waals surface area (Å²) in [7, 11) is 4.82. The molecule has 0 fully saturated rings. The molecule has 1 aromatic carbocycles. The summed E-state index contributed by atoms with van der Waals surface area (Å²) >= 11 is 0. The fourth-order valence-electron chi connectivity index (χ4n) is 3.79. The fraction of sp³-hybridized carbons (Fsp3) is 0.350. The van der Waals surface area contributed by atoms with E-state index in [1.54, 1.807) is 32.6 Å². The number of ether oxygens (including phenoxy) is 2. The third-order valence-corrected chi connectivity index (χ3v) is 5.46. The molecule has 0 unspecified atom stereocenters. The maximum Gasteiger partial charge on any atom is 0.332 e. The number of rotatable bonds is 4. The fourth-order valence-corrected chi connectivity index (χ4v) is 3.79. The van der Waals surface area contributed by atoms with Crippen LogP contribution in [0, 0.1) is 13.8 Å². The second-order valence-electron chi connectivity index (χ2n) is 6.85. The Morgan fingerprint density at radius 1 is 1.07 bits per heavy atom. The van der Waals surface area contributed by atoms with Gasteiger partial charge in [-0.25, -0.2) is 4.79 Å². The van der Waals surface area contributed by atoms with Crippen LogP contribution in [0.1, 0.15) is 18.3 Å². The quantitative estimate of drug-likeness (QED) is 0.524. The molecule has 0 radical (unpaired) electrons. The summed E-state index contributed by atoms with van der Waals surface area (Å²) in [4.78, 5) is 30.3. The van der Waals surface area contributed by atoms with Gasteiger partial charge >= 0.3 is 5.69 Å². The smallest absolute Gasteiger partial charge is 0.332 e. The Labute approximate surface area is 166 Å². The minimum atomic E-state index is -0.384. The summed E-state index contributed by atoms with van der Waals surface area (Å²) in [6, 6.07) is 5.49. The third-order valence-electron chi connectivity index (χ3n) is 5.46. The molecule has 0 aliphatic rings. The Balaban J connectivity index is 2.22. The molecule has 0 saturated carbocycles. The zero-order valence-electron chi connectivity index (χ0n) is 17.3. The van der Waals surface area contributed by atoms with Crippen LogP contribution in [0.2, 0.25) is 0 Å². The molecule has 0 spiro atoms. The van der Waals surface area contributed by atoms with Gasteiger partial charge in [0.15, 0.2) is 11.2 Å². The average molecular weight is 397 g/mol. The van der Waals surface area contributed by atoms with Crippen molar-refractivity contribution in [2.24, 2.45) is 7.05 Å². The van der Waals surface area contributed by atoms with Crippen LogP contribution < -0.4 is 20.7 Å². The van der Waals surface area contributed by atoms with Gasteiger partial charge in [-0.2, -0.15) is 4.98 Å². The summed E-state index contributed by atoms with van der Waals surface area (Å²) in [5.74, 6) is 1.84. The molecule has 0 aliphatic carbocycles. The number of hydrogen-bond donors (Lipinski definition) is 0. The van der Waals surface area contributed by atoms with Crippen LogP contribution in [-0.2, 0) is 13.6 Å². The summed E-state index contributed by atoms with van der Waals surface area (Å²) in [5.41, 5.74) is 2.48. The Morgan fingerprint density at radius 2 is 1.79 bits per heavy atom. The van der Waals surface area contributed by atoms with Gasteiger partial charge < -0.3 is 9.47 Å². The molecule has 3 heterocycles. The van der Waals surface area contributed by atoms with Crippen molar-refractivity contribution in [3.8, 4) is 17.2 Å². The van der Waals surface area contributed by atoms with Crippen molar-refractivity contribution in [3.05, 3.63) is 50.4 Å². The molecule has 3 aromatic heterocycles. The van der Waals surface area contributed by atoms with Gasteiger partial charge in [-0.3, -0.25) is 22.9 Å². The van der Waals surface area contributed by atoms with E-state index in [9.17, 15) is 9.59 Å². The molecule has 0 bridgehead atoms. The highest BCUT2D eigenvalue weighted by Crippen LogP contribution is 2.32. The van der Waals surface area contributed by atoms with Crippen molar-refractivity contribution >= 4 is 16.9 Å². The number of methoxy groups -OCH3 is 2. The topological polar surface area (TPSA) is 84.7 Å². The van der Waals surface area contributed by atoms with Crippen molar-refractivity contribution in [1.29, 1.82) is 0 Å². The molecule has 9 nitrogen and oxygen atoms in total. The first kappa shape index (κ1) is 18.9. The number of fused-ring (bicyclic) bond motifs is 3. The second-order valence-corrected chi connectivity index (χ2v) is 6.85. The van der Waals surface area contributed by atoms with Gasteiger partial charge in [-0.1, -0.05) is 0 Å². The van der Waals surface area contributed by atoms with E-state index in [-0.39, 0.29) is 17.8 Å². The molecule has 152 valence electrons. The third kappa shape index (κ3) is 2.43. The normalized spacial score (nSPS) is 11.5. The molecule has 0 atom stereocenters. The predicted octanol–water partition coefficient (Wildman–Crippen LogP) is 1.79. The van der Waals surface area contributed by atoms with Crippen LogP contribution in [0.5, 0.6) is 11.5 Å². The summed E-state index contributed by atoms with van der Waals surface area (Å²) < 4.78 is 17.3. The lowest BCUT2D eigenvalue weighted by Crippen LogP contribution is -2.38. The Kier molecular flexibility index (Phi) is 4.25. The van der Waals surface area contributed by atoms with E-state index in [1.807, 2.05) is 36.6 Å². The van der Waals surface area contributed by atoms with Gasteiger partial charge in [0.1, 0.15) is 11.5 Å². The number of aryl methyl sites for hydroxylation is 2. The summed E-state index contributed by atoms with van der Waals surface area (Å²) in [5, 5.41) is 0. The lowest BCUT2D eigenvalue weighted by Gasteiger charge is -2.13. The van der Waals surface area contributed by atoms with Crippen LogP contribution >= 0.6 is 0 Å². The van der Waals surface area contributed by atoms with E-state index in [1.165, 1.54) is 9.13 Å². The van der Waals surface area contributed by atoms with Gasteiger partial charge in [0.2, 0.25) is 5.78 Å². The van der Waals surface area contributed by atoms with Gasteiger partial charge in [0.05, 0.1) is 19.9 Å². The van der Waals surface area contributed by atoms with Gasteiger partial charge in [-0.15, -0.1) is 0 Å². The number of aromatic nitrogens is 5. The average Bonchev–Trinajstić information content (AvgIpc) is 3.22. The molecule has 29 heavy (non-hydrogen) atoms. The second kappa shape index (κ2) is 6.54. The highest BCUT2D eigenvalue weighted by Gasteiger charge is 2.24. The lowest BCUT2D eigenvalue weighted by atomic mass is 10.2. The van der Waals surface area contributed by atoms with E-state index in [2.05, 4.69) is 4.98 Å². The molecule has 4 rings (SSSR count). The Hall–Kier alpha value is -3.49. The molecule has 0 amide bonds. The van der Waals surface area contributed by atoms with E-state index in [0.29, 0.717) is 28.4 Å². The number of imidazole rings is 2. The van der Waals surface area contributed by atoms with E-state index in [4.69, 9.17) is 9.47 Å². The summed E-state index contributed by atoms with van der Waals surface area (Å²) in [6.45, 7) is 5.94.